The van der Waals surface area contributed by atoms with Gasteiger partial charge in [0.2, 0.25) is 11.8 Å². The number of benzene rings is 1. The van der Waals surface area contributed by atoms with E-state index in [2.05, 4.69) is 30.9 Å². The molecule has 0 spiro atoms. The number of aromatic nitrogens is 3. The van der Waals surface area contributed by atoms with E-state index in [0.717, 1.165) is 52.9 Å². The van der Waals surface area contributed by atoms with Crippen LogP contribution in [0.15, 0.2) is 41.4 Å². The Morgan fingerprint density at radius 1 is 1.15 bits per heavy atom. The lowest BCUT2D eigenvalue weighted by Gasteiger charge is -2.35. The number of hydrogen-bond donors (Lipinski definition) is 3. The minimum Gasteiger partial charge on any atom is -0.480 e. The zero-order valence-corrected chi connectivity index (χ0v) is 24.8. The summed E-state index contributed by atoms with van der Waals surface area (Å²) in [6.07, 6.45) is 5.71. The van der Waals surface area contributed by atoms with Gasteiger partial charge < -0.3 is 25.4 Å². The van der Waals surface area contributed by atoms with Crippen LogP contribution in [-0.2, 0) is 22.5 Å². The van der Waals surface area contributed by atoms with Crippen molar-refractivity contribution >= 4 is 40.6 Å². The number of nitrogens with zero attached hydrogens (tertiary/aromatic N) is 3. The fraction of sp³-hybridized carbons (Fsp3) is 0.500. The van der Waals surface area contributed by atoms with Gasteiger partial charge in [-0.1, -0.05) is 12.1 Å². The average molecular weight is 579 g/mol. The summed E-state index contributed by atoms with van der Waals surface area (Å²) in [6.45, 7) is 6.25. The molecule has 3 aromatic rings. The lowest BCUT2D eigenvalue weighted by Crippen LogP contribution is -2.46. The number of ether oxygens (including phenoxy) is 2. The van der Waals surface area contributed by atoms with Gasteiger partial charge in [-0.2, -0.15) is 0 Å². The van der Waals surface area contributed by atoms with Gasteiger partial charge in [-0.3, -0.25) is 4.79 Å². The second-order valence-corrected chi connectivity index (χ2v) is 12.7. The molecule has 2 aromatic heterocycles. The fourth-order valence-electron chi connectivity index (χ4n) is 5.45. The van der Waals surface area contributed by atoms with Gasteiger partial charge in [-0.15, -0.1) is 11.8 Å². The zero-order chi connectivity index (χ0) is 29.0. The summed E-state index contributed by atoms with van der Waals surface area (Å²) < 4.78 is 11.0. The minimum atomic E-state index is -0.583. The molecule has 0 bridgehead atoms. The van der Waals surface area contributed by atoms with Gasteiger partial charge >= 0.3 is 6.09 Å². The molecule has 2 amide bonds. The molecule has 5 rings (SSSR count). The molecule has 11 heteroatoms. The SMILES string of the molecule is COc1cnc2cccc(C[C@@H](NC(=O)OC(C)(C)C)C3CCC(NCc4ccc5c(n4)NC(=O)CS5)CC3)c2n1. The molecule has 2 aliphatic rings. The Bertz CT molecular complexity index is 1400. The van der Waals surface area contributed by atoms with E-state index in [-0.39, 0.29) is 17.9 Å². The third-order valence-corrected chi connectivity index (χ3v) is 8.48. The van der Waals surface area contributed by atoms with Gasteiger partial charge in [0, 0.05) is 18.6 Å². The van der Waals surface area contributed by atoms with E-state index in [4.69, 9.17) is 9.47 Å². The Balaban J connectivity index is 1.25. The maximum absolute atomic E-state index is 12.9. The van der Waals surface area contributed by atoms with Crippen LogP contribution in [0.5, 0.6) is 5.88 Å². The van der Waals surface area contributed by atoms with Crippen LogP contribution in [-0.4, -0.2) is 57.5 Å². The molecule has 0 saturated heterocycles. The van der Waals surface area contributed by atoms with Gasteiger partial charge in [0.25, 0.3) is 0 Å². The molecule has 1 atom stereocenters. The molecule has 1 saturated carbocycles. The number of carbonyl (C=O) groups is 2. The number of amides is 2. The molecule has 1 aliphatic heterocycles. The molecule has 0 unspecified atom stereocenters. The van der Waals surface area contributed by atoms with Crippen LogP contribution in [0.1, 0.15) is 57.7 Å². The Hall–Kier alpha value is -3.44. The quantitative estimate of drug-likeness (QED) is 0.343. The molecular formula is C30H38N6O4S. The number of methoxy groups -OCH3 is 1. The Morgan fingerprint density at radius 3 is 2.71 bits per heavy atom. The largest absolute Gasteiger partial charge is 0.480 e. The Labute approximate surface area is 244 Å². The average Bonchev–Trinajstić information content (AvgIpc) is 2.94. The van der Waals surface area contributed by atoms with Crippen molar-refractivity contribution in [1.82, 2.24) is 25.6 Å². The molecule has 3 heterocycles. The second-order valence-electron chi connectivity index (χ2n) is 11.6. The van der Waals surface area contributed by atoms with Crippen molar-refractivity contribution in [2.24, 2.45) is 5.92 Å². The molecule has 10 nitrogen and oxygen atoms in total. The Kier molecular flexibility index (Phi) is 8.94. The number of nitrogens with one attached hydrogen (secondary N) is 3. The molecule has 218 valence electrons. The monoisotopic (exact) mass is 578 g/mol. The first-order valence-corrected chi connectivity index (χ1v) is 15.1. The number of para-hydroxylation sites is 1. The maximum Gasteiger partial charge on any atom is 0.407 e. The number of thioether (sulfide) groups is 1. The summed E-state index contributed by atoms with van der Waals surface area (Å²) in [5.41, 5.74) is 2.91. The summed E-state index contributed by atoms with van der Waals surface area (Å²) >= 11 is 1.52. The molecular weight excluding hydrogens is 540 g/mol. The number of alkyl carbamates (subject to hydrolysis) is 1. The Morgan fingerprint density at radius 2 is 1.95 bits per heavy atom. The van der Waals surface area contributed by atoms with Crippen LogP contribution in [0.4, 0.5) is 10.6 Å². The van der Waals surface area contributed by atoms with Crippen molar-refractivity contribution in [2.75, 3.05) is 18.2 Å². The van der Waals surface area contributed by atoms with Gasteiger partial charge in [0.05, 0.1) is 40.7 Å². The summed E-state index contributed by atoms with van der Waals surface area (Å²) in [5.74, 6) is 1.82. The highest BCUT2D eigenvalue weighted by atomic mass is 32.2. The minimum absolute atomic E-state index is 0.0114. The van der Waals surface area contributed by atoms with Crippen molar-refractivity contribution in [1.29, 1.82) is 0 Å². The predicted octanol–water partition coefficient (Wildman–Crippen LogP) is 4.86. The number of hydrogen-bond acceptors (Lipinski definition) is 9. The molecule has 41 heavy (non-hydrogen) atoms. The highest BCUT2D eigenvalue weighted by Gasteiger charge is 2.31. The summed E-state index contributed by atoms with van der Waals surface area (Å²) in [4.78, 5) is 39.4. The van der Waals surface area contributed by atoms with Gasteiger partial charge in [-0.05, 0) is 82.6 Å². The number of fused-ring (bicyclic) bond motifs is 2. The summed E-state index contributed by atoms with van der Waals surface area (Å²) in [5, 5.41) is 9.70. The van der Waals surface area contributed by atoms with Crippen molar-refractivity contribution in [3.63, 3.8) is 0 Å². The van der Waals surface area contributed by atoms with Crippen molar-refractivity contribution < 1.29 is 19.1 Å². The lowest BCUT2D eigenvalue weighted by molar-refractivity contribution is -0.113. The highest BCUT2D eigenvalue weighted by molar-refractivity contribution is 8.00. The van der Waals surface area contributed by atoms with Crippen LogP contribution in [0, 0.1) is 5.92 Å². The number of carbonyl (C=O) groups excluding carboxylic acids is 2. The first-order valence-electron chi connectivity index (χ1n) is 14.1. The van der Waals surface area contributed by atoms with E-state index in [1.54, 1.807) is 13.3 Å². The summed E-state index contributed by atoms with van der Waals surface area (Å²) in [7, 11) is 1.58. The second kappa shape index (κ2) is 12.6. The normalized spacial score (nSPS) is 19.7. The third-order valence-electron chi connectivity index (χ3n) is 7.43. The van der Waals surface area contributed by atoms with Crippen molar-refractivity contribution in [3.05, 3.63) is 47.8 Å². The fourth-order valence-corrected chi connectivity index (χ4v) is 6.20. The van der Waals surface area contributed by atoms with Crippen LogP contribution in [0.25, 0.3) is 11.0 Å². The number of anilines is 1. The van der Waals surface area contributed by atoms with Crippen LogP contribution < -0.4 is 20.7 Å². The summed E-state index contributed by atoms with van der Waals surface area (Å²) in [6, 6.07) is 10.2. The molecule has 1 aromatic carbocycles. The van der Waals surface area contributed by atoms with E-state index in [9.17, 15) is 9.59 Å². The lowest BCUT2D eigenvalue weighted by atomic mass is 9.79. The van der Waals surface area contributed by atoms with E-state index >= 15 is 0 Å². The van der Waals surface area contributed by atoms with Crippen molar-refractivity contribution in [3.8, 4) is 5.88 Å². The van der Waals surface area contributed by atoms with Gasteiger partial charge in [0.1, 0.15) is 11.4 Å². The zero-order valence-electron chi connectivity index (χ0n) is 24.0. The standard InChI is InChI=1S/C30H38N6O4S/c1-30(2,3)40-29(38)34-23(14-19-6-5-7-22-27(19)36-26(39-4)16-32-22)18-8-10-20(11-9-18)31-15-21-12-13-24-28(33-21)35-25(37)17-41-24/h5-7,12-13,16,18,20,23,31H,8-11,14-15,17H2,1-4H3,(H,34,38)(H,33,35,37)/t18?,20?,23-/m1/s1. The molecule has 3 N–H and O–H groups in total. The third kappa shape index (κ3) is 7.65. The number of pyridine rings is 1. The van der Waals surface area contributed by atoms with Crippen LogP contribution in [0.2, 0.25) is 0 Å². The van der Waals surface area contributed by atoms with Crippen molar-refractivity contribution in [2.45, 2.75) is 82.0 Å². The highest BCUT2D eigenvalue weighted by Crippen LogP contribution is 2.32. The smallest absolute Gasteiger partial charge is 0.407 e. The van der Waals surface area contributed by atoms with Crippen LogP contribution in [0.3, 0.4) is 0 Å². The topological polar surface area (TPSA) is 127 Å². The van der Waals surface area contributed by atoms with E-state index < -0.39 is 11.7 Å². The maximum atomic E-state index is 12.9. The predicted molar refractivity (Wildman–Crippen MR) is 159 cm³/mol. The molecule has 0 radical (unpaired) electrons. The molecule has 1 fully saturated rings. The van der Waals surface area contributed by atoms with E-state index in [0.29, 0.717) is 36.5 Å². The first-order chi connectivity index (χ1) is 19.7. The first kappa shape index (κ1) is 29.1. The number of rotatable bonds is 8. The van der Waals surface area contributed by atoms with E-state index in [1.165, 1.54) is 11.8 Å². The van der Waals surface area contributed by atoms with Gasteiger partial charge in [-0.25, -0.2) is 19.7 Å². The van der Waals surface area contributed by atoms with E-state index in [1.807, 2.05) is 51.1 Å². The molecule has 1 aliphatic carbocycles. The van der Waals surface area contributed by atoms with Gasteiger partial charge in [0.15, 0.2) is 0 Å². The van der Waals surface area contributed by atoms with Crippen LogP contribution >= 0.6 is 11.8 Å².